The largest absolute Gasteiger partial charge is 0.472 e. The number of phosphoric ester groups is 1. The molecule has 3 N–H and O–H groups in total. The second kappa shape index (κ2) is 11.5. The van der Waals surface area contributed by atoms with E-state index in [0.717, 1.165) is 6.92 Å². The van der Waals surface area contributed by atoms with Crippen molar-refractivity contribution >= 4 is 19.8 Å². The molecule has 0 heterocycles. The molecular formula is C12H23O10P. The molecule has 0 aliphatic carbocycles. The Hall–Kier alpha value is -1.03. The number of hydrogen-bond acceptors (Lipinski definition) is 9. The Morgan fingerprint density at radius 3 is 2.30 bits per heavy atom. The fraction of sp³-hybridized carbons (Fsp3) is 0.833. The molecule has 0 spiro atoms. The van der Waals surface area contributed by atoms with Gasteiger partial charge in [-0.1, -0.05) is 6.92 Å². The Morgan fingerprint density at radius 2 is 1.78 bits per heavy atom. The Morgan fingerprint density at radius 1 is 1.17 bits per heavy atom. The first kappa shape index (κ1) is 22.0. The van der Waals surface area contributed by atoms with E-state index in [-0.39, 0.29) is 13.0 Å². The Bertz CT molecular complexity index is 413. The van der Waals surface area contributed by atoms with Crippen LogP contribution in [0.4, 0.5) is 0 Å². The molecule has 0 saturated carbocycles. The molecule has 10 nitrogen and oxygen atoms in total. The molecule has 136 valence electrons. The van der Waals surface area contributed by atoms with Crippen LogP contribution in [0.2, 0.25) is 0 Å². The predicted octanol–water partition coefficient (Wildman–Crippen LogP) is -0.252. The highest BCUT2D eigenvalue weighted by molar-refractivity contribution is 7.47. The SMILES string of the molecule is CCCC(=O)OC(COC(C)=O)COP(=O)(O)OCC(O)CO. The standard InChI is InChI=1S/C12H23O10P/c1-3-4-12(16)22-11(7-19-9(2)14)8-21-23(17,18)20-6-10(15)5-13/h10-11,13,15H,3-8H2,1-2H3,(H,17,18). The van der Waals surface area contributed by atoms with Gasteiger partial charge in [-0.3, -0.25) is 18.6 Å². The fourth-order valence-corrected chi connectivity index (χ4v) is 2.01. The summed E-state index contributed by atoms with van der Waals surface area (Å²) < 4.78 is 30.3. The number of aliphatic hydroxyl groups is 2. The van der Waals surface area contributed by atoms with E-state index in [1.165, 1.54) is 0 Å². The van der Waals surface area contributed by atoms with Crippen molar-refractivity contribution in [3.8, 4) is 0 Å². The van der Waals surface area contributed by atoms with Gasteiger partial charge in [0.15, 0.2) is 6.10 Å². The van der Waals surface area contributed by atoms with Gasteiger partial charge in [-0.15, -0.1) is 0 Å². The fourth-order valence-electron chi connectivity index (χ4n) is 1.22. The van der Waals surface area contributed by atoms with Crippen molar-refractivity contribution in [3.05, 3.63) is 0 Å². The average molecular weight is 358 g/mol. The van der Waals surface area contributed by atoms with E-state index >= 15 is 0 Å². The second-order valence-electron chi connectivity index (χ2n) is 4.56. The molecule has 0 aliphatic heterocycles. The Kier molecular flexibility index (Phi) is 11.0. The lowest BCUT2D eigenvalue weighted by Gasteiger charge is -2.19. The van der Waals surface area contributed by atoms with E-state index in [0.29, 0.717) is 6.42 Å². The summed E-state index contributed by atoms with van der Waals surface area (Å²) in [4.78, 5) is 31.6. The molecule has 11 heteroatoms. The summed E-state index contributed by atoms with van der Waals surface area (Å²) in [5, 5.41) is 17.6. The van der Waals surface area contributed by atoms with Gasteiger partial charge in [0.05, 0.1) is 19.8 Å². The lowest BCUT2D eigenvalue weighted by molar-refractivity contribution is -0.160. The van der Waals surface area contributed by atoms with E-state index in [1.54, 1.807) is 6.92 Å². The predicted molar refractivity (Wildman–Crippen MR) is 76.2 cm³/mol. The summed E-state index contributed by atoms with van der Waals surface area (Å²) in [6, 6.07) is 0. The van der Waals surface area contributed by atoms with Gasteiger partial charge < -0.3 is 24.6 Å². The van der Waals surface area contributed by atoms with Crippen LogP contribution in [-0.4, -0.2) is 65.7 Å². The maximum atomic E-state index is 11.6. The first-order valence-corrected chi connectivity index (χ1v) is 8.43. The number of phosphoric acid groups is 1. The van der Waals surface area contributed by atoms with Crippen LogP contribution in [0.25, 0.3) is 0 Å². The van der Waals surface area contributed by atoms with Gasteiger partial charge in [0, 0.05) is 13.3 Å². The minimum atomic E-state index is -4.52. The van der Waals surface area contributed by atoms with Crippen molar-refractivity contribution in [2.24, 2.45) is 0 Å². The van der Waals surface area contributed by atoms with Crippen molar-refractivity contribution in [1.29, 1.82) is 0 Å². The van der Waals surface area contributed by atoms with E-state index < -0.39 is 51.8 Å². The summed E-state index contributed by atoms with van der Waals surface area (Å²) in [6.45, 7) is 0.761. The zero-order chi connectivity index (χ0) is 17.9. The number of hydrogen-bond donors (Lipinski definition) is 3. The Balaban J connectivity index is 4.46. The van der Waals surface area contributed by atoms with Crippen LogP contribution in [0.15, 0.2) is 0 Å². The smallest absolute Gasteiger partial charge is 0.462 e. The normalized spacial score (nSPS) is 16.2. The van der Waals surface area contributed by atoms with Crippen molar-refractivity contribution < 1.29 is 47.8 Å². The minimum Gasteiger partial charge on any atom is -0.462 e. The second-order valence-corrected chi connectivity index (χ2v) is 6.01. The van der Waals surface area contributed by atoms with E-state index in [9.17, 15) is 19.0 Å². The van der Waals surface area contributed by atoms with E-state index in [1.807, 2.05) is 0 Å². The van der Waals surface area contributed by atoms with Crippen LogP contribution in [-0.2, 0) is 32.7 Å². The summed E-state index contributed by atoms with van der Waals surface area (Å²) >= 11 is 0. The van der Waals surface area contributed by atoms with Crippen LogP contribution < -0.4 is 0 Å². The van der Waals surface area contributed by atoms with Gasteiger partial charge in [0.2, 0.25) is 0 Å². The third-order valence-electron chi connectivity index (χ3n) is 2.29. The van der Waals surface area contributed by atoms with E-state index in [4.69, 9.17) is 14.9 Å². The highest BCUT2D eigenvalue weighted by Crippen LogP contribution is 2.43. The summed E-state index contributed by atoms with van der Waals surface area (Å²) in [6.07, 6.45) is -1.74. The minimum absolute atomic E-state index is 0.131. The highest BCUT2D eigenvalue weighted by atomic mass is 31.2. The van der Waals surface area contributed by atoms with E-state index in [2.05, 4.69) is 13.8 Å². The van der Waals surface area contributed by atoms with Gasteiger partial charge in [-0.25, -0.2) is 4.57 Å². The number of ether oxygens (including phenoxy) is 2. The monoisotopic (exact) mass is 358 g/mol. The third kappa shape index (κ3) is 12.1. The molecule has 0 aromatic rings. The van der Waals surface area contributed by atoms with Crippen LogP contribution in [0.3, 0.4) is 0 Å². The summed E-state index contributed by atoms with van der Waals surface area (Å²) in [5.74, 6) is -1.19. The number of aliphatic hydroxyl groups excluding tert-OH is 2. The van der Waals surface area contributed by atoms with Gasteiger partial charge in [0.1, 0.15) is 12.7 Å². The number of carbonyl (C=O) groups is 2. The molecule has 0 bridgehead atoms. The lowest BCUT2D eigenvalue weighted by Crippen LogP contribution is -2.29. The van der Waals surface area contributed by atoms with Crippen molar-refractivity contribution in [1.82, 2.24) is 0 Å². The maximum absolute atomic E-state index is 11.6. The van der Waals surface area contributed by atoms with Gasteiger partial charge in [-0.05, 0) is 6.42 Å². The molecule has 0 aliphatic rings. The lowest BCUT2D eigenvalue weighted by atomic mass is 10.3. The topological polar surface area (TPSA) is 149 Å². The third-order valence-corrected chi connectivity index (χ3v) is 3.24. The molecule has 3 unspecified atom stereocenters. The van der Waals surface area contributed by atoms with Crippen LogP contribution in [0.5, 0.6) is 0 Å². The molecule has 3 atom stereocenters. The summed E-state index contributed by atoms with van der Waals surface area (Å²) in [5.41, 5.74) is 0. The highest BCUT2D eigenvalue weighted by Gasteiger charge is 2.26. The van der Waals surface area contributed by atoms with Crippen LogP contribution in [0.1, 0.15) is 26.7 Å². The van der Waals surface area contributed by atoms with Crippen molar-refractivity contribution in [2.45, 2.75) is 38.9 Å². The summed E-state index contributed by atoms with van der Waals surface area (Å²) in [7, 11) is -4.52. The first-order chi connectivity index (χ1) is 10.7. The molecule has 0 rings (SSSR count). The number of carbonyl (C=O) groups excluding carboxylic acids is 2. The van der Waals surface area contributed by atoms with Crippen LogP contribution >= 0.6 is 7.82 Å². The molecular weight excluding hydrogens is 335 g/mol. The van der Waals surface area contributed by atoms with Gasteiger partial charge in [-0.2, -0.15) is 0 Å². The zero-order valence-electron chi connectivity index (χ0n) is 13.0. The maximum Gasteiger partial charge on any atom is 0.472 e. The quantitative estimate of drug-likeness (QED) is 0.315. The first-order valence-electron chi connectivity index (χ1n) is 6.93. The molecule has 0 amide bonds. The molecule has 0 fully saturated rings. The average Bonchev–Trinajstić information content (AvgIpc) is 2.47. The van der Waals surface area contributed by atoms with Gasteiger partial charge >= 0.3 is 19.8 Å². The molecule has 0 aromatic carbocycles. The Labute approximate surface area is 133 Å². The number of esters is 2. The molecule has 0 aromatic heterocycles. The zero-order valence-corrected chi connectivity index (χ0v) is 13.9. The van der Waals surface area contributed by atoms with Gasteiger partial charge in [0.25, 0.3) is 0 Å². The molecule has 0 saturated heterocycles. The number of rotatable bonds is 12. The van der Waals surface area contributed by atoms with Crippen molar-refractivity contribution in [2.75, 3.05) is 26.4 Å². The van der Waals surface area contributed by atoms with Crippen LogP contribution in [0, 0.1) is 0 Å². The van der Waals surface area contributed by atoms with Crippen molar-refractivity contribution in [3.63, 3.8) is 0 Å². The molecule has 0 radical (unpaired) electrons. The molecule has 23 heavy (non-hydrogen) atoms.